The summed E-state index contributed by atoms with van der Waals surface area (Å²) >= 11 is 0. The Kier molecular flexibility index (Phi) is 4.41. The number of nitrogens with zero attached hydrogens (tertiary/aromatic N) is 2. The van der Waals surface area contributed by atoms with Gasteiger partial charge in [0.2, 0.25) is 0 Å². The standard InChI is InChI=1S/C17H20N2O/c1-13(2)14(3)11-20-17-8-6-5-7-16(17)15(4)19-10-9-18-12-19/h5-10,12H,4,11H2,1-3H3. The molecule has 0 amide bonds. The van der Waals surface area contributed by atoms with Gasteiger partial charge in [-0.3, -0.25) is 0 Å². The van der Waals surface area contributed by atoms with Crippen molar-refractivity contribution in [3.05, 3.63) is 66.3 Å². The van der Waals surface area contributed by atoms with Gasteiger partial charge in [0.25, 0.3) is 0 Å². The average Bonchev–Trinajstić information content (AvgIpc) is 2.98. The Morgan fingerprint density at radius 3 is 2.65 bits per heavy atom. The lowest BCUT2D eigenvalue weighted by Crippen LogP contribution is -2.04. The summed E-state index contributed by atoms with van der Waals surface area (Å²) in [7, 11) is 0. The summed E-state index contributed by atoms with van der Waals surface area (Å²) in [4.78, 5) is 4.05. The fourth-order valence-corrected chi connectivity index (χ4v) is 1.72. The molecule has 1 heterocycles. The molecule has 20 heavy (non-hydrogen) atoms. The molecule has 0 aliphatic rings. The summed E-state index contributed by atoms with van der Waals surface area (Å²) in [5.74, 6) is 0.840. The molecule has 0 N–H and O–H groups in total. The van der Waals surface area contributed by atoms with Gasteiger partial charge in [-0.1, -0.05) is 24.3 Å². The highest BCUT2D eigenvalue weighted by Gasteiger charge is 2.08. The van der Waals surface area contributed by atoms with E-state index in [0.29, 0.717) is 6.61 Å². The highest BCUT2D eigenvalue weighted by atomic mass is 16.5. The molecule has 1 aromatic heterocycles. The van der Waals surface area contributed by atoms with Gasteiger partial charge in [-0.2, -0.15) is 0 Å². The zero-order chi connectivity index (χ0) is 14.5. The van der Waals surface area contributed by atoms with E-state index in [2.05, 4.69) is 32.3 Å². The molecule has 3 nitrogen and oxygen atoms in total. The molecule has 0 fully saturated rings. The minimum Gasteiger partial charge on any atom is -0.489 e. The Morgan fingerprint density at radius 2 is 2.00 bits per heavy atom. The van der Waals surface area contributed by atoms with Gasteiger partial charge in [0.05, 0.1) is 12.0 Å². The van der Waals surface area contributed by atoms with Gasteiger partial charge in [-0.05, 0) is 38.5 Å². The van der Waals surface area contributed by atoms with Crippen LogP contribution in [0.25, 0.3) is 5.70 Å². The first kappa shape index (κ1) is 14.1. The summed E-state index contributed by atoms with van der Waals surface area (Å²) in [6.07, 6.45) is 5.35. The van der Waals surface area contributed by atoms with Gasteiger partial charge in [0.15, 0.2) is 0 Å². The average molecular weight is 268 g/mol. The van der Waals surface area contributed by atoms with Crippen molar-refractivity contribution in [1.29, 1.82) is 0 Å². The normalized spacial score (nSPS) is 10.2. The third kappa shape index (κ3) is 3.18. The zero-order valence-electron chi connectivity index (χ0n) is 12.3. The number of hydrogen-bond acceptors (Lipinski definition) is 2. The summed E-state index contributed by atoms with van der Waals surface area (Å²) in [5, 5.41) is 0. The first-order chi connectivity index (χ1) is 9.59. The van der Waals surface area contributed by atoms with Crippen LogP contribution in [0.5, 0.6) is 5.75 Å². The van der Waals surface area contributed by atoms with Crippen molar-refractivity contribution >= 4 is 5.70 Å². The number of hydrogen-bond donors (Lipinski definition) is 0. The van der Waals surface area contributed by atoms with E-state index < -0.39 is 0 Å². The van der Waals surface area contributed by atoms with E-state index in [4.69, 9.17) is 4.74 Å². The van der Waals surface area contributed by atoms with E-state index >= 15 is 0 Å². The molecule has 0 unspecified atom stereocenters. The number of aromatic nitrogens is 2. The second-order valence-corrected chi connectivity index (χ2v) is 4.98. The van der Waals surface area contributed by atoms with Gasteiger partial charge in [-0.15, -0.1) is 0 Å². The maximum atomic E-state index is 5.93. The van der Waals surface area contributed by atoms with Gasteiger partial charge in [0, 0.05) is 18.0 Å². The number of para-hydroxylation sites is 1. The van der Waals surface area contributed by atoms with Crippen LogP contribution < -0.4 is 4.74 Å². The van der Waals surface area contributed by atoms with E-state index in [1.165, 1.54) is 11.1 Å². The number of rotatable bonds is 5. The monoisotopic (exact) mass is 268 g/mol. The Morgan fingerprint density at radius 1 is 1.25 bits per heavy atom. The molecule has 0 aliphatic heterocycles. The molecule has 2 rings (SSSR count). The fraction of sp³-hybridized carbons (Fsp3) is 0.235. The van der Waals surface area contributed by atoms with Crippen LogP contribution in [-0.4, -0.2) is 16.2 Å². The molecule has 1 aromatic carbocycles. The predicted molar refractivity (Wildman–Crippen MR) is 82.6 cm³/mol. The van der Waals surface area contributed by atoms with Crippen LogP contribution in [0.3, 0.4) is 0 Å². The van der Waals surface area contributed by atoms with Crippen molar-refractivity contribution in [3.63, 3.8) is 0 Å². The van der Waals surface area contributed by atoms with Crippen molar-refractivity contribution in [3.8, 4) is 5.75 Å². The van der Waals surface area contributed by atoms with Crippen molar-refractivity contribution in [1.82, 2.24) is 9.55 Å². The maximum Gasteiger partial charge on any atom is 0.129 e. The minimum absolute atomic E-state index is 0.594. The van der Waals surface area contributed by atoms with Crippen LogP contribution in [0.15, 0.2) is 60.7 Å². The lowest BCUT2D eigenvalue weighted by Gasteiger charge is -2.14. The predicted octanol–water partition coefficient (Wildman–Crippen LogP) is 4.14. The van der Waals surface area contributed by atoms with Crippen LogP contribution in [-0.2, 0) is 0 Å². The Hall–Kier alpha value is -2.29. The van der Waals surface area contributed by atoms with Gasteiger partial charge < -0.3 is 9.30 Å². The lowest BCUT2D eigenvalue weighted by atomic mass is 10.1. The van der Waals surface area contributed by atoms with E-state index in [0.717, 1.165) is 17.0 Å². The molecule has 0 saturated carbocycles. The van der Waals surface area contributed by atoms with E-state index in [1.807, 2.05) is 35.0 Å². The molecule has 0 spiro atoms. The van der Waals surface area contributed by atoms with E-state index in [1.54, 1.807) is 12.5 Å². The topological polar surface area (TPSA) is 27.1 Å². The lowest BCUT2D eigenvalue weighted by molar-refractivity contribution is 0.349. The third-order valence-electron chi connectivity index (χ3n) is 3.31. The summed E-state index contributed by atoms with van der Waals surface area (Å²) in [6, 6.07) is 7.93. The third-order valence-corrected chi connectivity index (χ3v) is 3.31. The molecule has 0 atom stereocenters. The van der Waals surface area contributed by atoms with Gasteiger partial charge in [0.1, 0.15) is 12.4 Å². The second kappa shape index (κ2) is 6.24. The van der Waals surface area contributed by atoms with Crippen molar-refractivity contribution in [2.45, 2.75) is 20.8 Å². The van der Waals surface area contributed by atoms with Crippen LogP contribution in [0, 0.1) is 0 Å². The summed E-state index contributed by atoms with van der Waals surface area (Å²) in [5.41, 5.74) is 4.36. The molecular formula is C17H20N2O. The largest absolute Gasteiger partial charge is 0.489 e. The maximum absolute atomic E-state index is 5.93. The Balaban J connectivity index is 2.23. The first-order valence-corrected chi connectivity index (χ1v) is 6.62. The summed E-state index contributed by atoms with van der Waals surface area (Å²) in [6.45, 7) is 11.0. The van der Waals surface area contributed by atoms with Crippen LogP contribution in [0.1, 0.15) is 26.3 Å². The van der Waals surface area contributed by atoms with Crippen molar-refractivity contribution in [2.24, 2.45) is 0 Å². The van der Waals surface area contributed by atoms with E-state index in [-0.39, 0.29) is 0 Å². The van der Waals surface area contributed by atoms with Crippen LogP contribution in [0.2, 0.25) is 0 Å². The molecular weight excluding hydrogens is 248 g/mol. The zero-order valence-corrected chi connectivity index (χ0v) is 12.3. The van der Waals surface area contributed by atoms with Crippen LogP contribution >= 0.6 is 0 Å². The van der Waals surface area contributed by atoms with Crippen molar-refractivity contribution in [2.75, 3.05) is 6.61 Å². The molecule has 0 saturated heterocycles. The smallest absolute Gasteiger partial charge is 0.129 e. The van der Waals surface area contributed by atoms with Gasteiger partial charge in [-0.25, -0.2) is 4.98 Å². The molecule has 0 aliphatic carbocycles. The first-order valence-electron chi connectivity index (χ1n) is 6.62. The second-order valence-electron chi connectivity index (χ2n) is 4.98. The van der Waals surface area contributed by atoms with Gasteiger partial charge >= 0.3 is 0 Å². The SMILES string of the molecule is C=C(c1ccccc1OCC(C)=C(C)C)n1ccnc1. The molecule has 2 aromatic rings. The molecule has 0 radical (unpaired) electrons. The molecule has 0 bridgehead atoms. The Labute approximate surface area is 120 Å². The highest BCUT2D eigenvalue weighted by molar-refractivity contribution is 5.68. The minimum atomic E-state index is 0.594. The number of benzene rings is 1. The van der Waals surface area contributed by atoms with E-state index in [9.17, 15) is 0 Å². The van der Waals surface area contributed by atoms with Crippen molar-refractivity contribution < 1.29 is 4.74 Å². The number of ether oxygens (including phenoxy) is 1. The quantitative estimate of drug-likeness (QED) is 0.762. The van der Waals surface area contributed by atoms with Crippen LogP contribution in [0.4, 0.5) is 0 Å². The Bertz CT molecular complexity index is 620. The molecule has 3 heteroatoms. The fourth-order valence-electron chi connectivity index (χ4n) is 1.72. The highest BCUT2D eigenvalue weighted by Crippen LogP contribution is 2.26. The molecule has 104 valence electrons. The number of allylic oxidation sites excluding steroid dienone is 1. The number of imidazole rings is 1. The summed E-state index contributed by atoms with van der Waals surface area (Å²) < 4.78 is 7.81.